The summed E-state index contributed by atoms with van der Waals surface area (Å²) < 4.78 is 9.90. The maximum Gasteiger partial charge on any atom is 0.331 e. The number of hydrogen-bond donors (Lipinski definition) is 1. The normalized spacial score (nSPS) is 17.2. The molecule has 0 aliphatic carbocycles. The summed E-state index contributed by atoms with van der Waals surface area (Å²) in [4.78, 5) is 23.2. The van der Waals surface area contributed by atoms with Crippen LogP contribution >= 0.6 is 11.8 Å². The molecule has 1 amide bonds. The van der Waals surface area contributed by atoms with Crippen LogP contribution in [0, 0.1) is 0 Å². The molecule has 0 spiro atoms. The monoisotopic (exact) mass is 369 g/mol. The van der Waals surface area contributed by atoms with E-state index < -0.39 is 11.9 Å². The lowest BCUT2D eigenvalue weighted by molar-refractivity contribution is -0.135. The minimum Gasteiger partial charge on any atom is -0.496 e. The van der Waals surface area contributed by atoms with Gasteiger partial charge in [-0.05, 0) is 28.6 Å². The van der Waals surface area contributed by atoms with E-state index >= 15 is 0 Å². The Labute approximate surface area is 153 Å². The number of amidine groups is 1. The lowest BCUT2D eigenvalue weighted by Gasteiger charge is -2.07. The quantitative estimate of drug-likeness (QED) is 0.387. The van der Waals surface area contributed by atoms with Crippen LogP contribution in [0.4, 0.5) is 0 Å². The summed E-state index contributed by atoms with van der Waals surface area (Å²) in [6.45, 7) is 0. The summed E-state index contributed by atoms with van der Waals surface area (Å²) in [5.74, 6) is -0.355. The minimum atomic E-state index is -0.604. The van der Waals surface area contributed by atoms with Crippen LogP contribution in [0.1, 0.15) is 5.56 Å². The van der Waals surface area contributed by atoms with Crippen LogP contribution in [0.3, 0.4) is 0 Å². The van der Waals surface area contributed by atoms with E-state index in [9.17, 15) is 9.59 Å². The number of carbonyl (C=O) groups excluding carboxylic acids is 2. The first-order valence-corrected chi connectivity index (χ1v) is 8.39. The van der Waals surface area contributed by atoms with Crippen molar-refractivity contribution in [2.75, 3.05) is 14.2 Å². The summed E-state index contributed by atoms with van der Waals surface area (Å²) in [5.41, 5.74) is 0.787. The highest BCUT2D eigenvalue weighted by molar-refractivity contribution is 8.18. The number of benzene rings is 2. The van der Waals surface area contributed by atoms with Crippen LogP contribution in [-0.2, 0) is 14.3 Å². The molecular formula is C18H15N3O4S. The van der Waals surface area contributed by atoms with Gasteiger partial charge in [-0.3, -0.25) is 10.1 Å². The zero-order valence-electron chi connectivity index (χ0n) is 14.1. The second-order valence-corrected chi connectivity index (χ2v) is 6.17. The van der Waals surface area contributed by atoms with E-state index in [0.29, 0.717) is 5.75 Å². The molecule has 2 aromatic carbocycles. The van der Waals surface area contributed by atoms with E-state index in [-0.39, 0.29) is 10.1 Å². The van der Waals surface area contributed by atoms with Crippen molar-refractivity contribution in [1.29, 1.82) is 0 Å². The highest BCUT2D eigenvalue weighted by atomic mass is 32.2. The second kappa shape index (κ2) is 7.83. The number of ether oxygens (including phenoxy) is 2. The topological polar surface area (TPSA) is 89.3 Å². The Morgan fingerprint density at radius 1 is 1.19 bits per heavy atom. The third-order valence-corrected chi connectivity index (χ3v) is 4.49. The fourth-order valence-electron chi connectivity index (χ4n) is 2.37. The van der Waals surface area contributed by atoms with Gasteiger partial charge in [0.2, 0.25) is 0 Å². The summed E-state index contributed by atoms with van der Waals surface area (Å²) >= 11 is 1.02. The number of fused-ring (bicyclic) bond motifs is 1. The molecule has 0 radical (unpaired) electrons. The summed E-state index contributed by atoms with van der Waals surface area (Å²) in [7, 11) is 2.83. The molecule has 1 fully saturated rings. The number of thioether (sulfide) groups is 1. The first kappa shape index (κ1) is 17.7. The van der Waals surface area contributed by atoms with E-state index in [1.54, 1.807) is 13.3 Å². The third-order valence-electron chi connectivity index (χ3n) is 3.59. The number of hydrogen-bond acceptors (Lipinski definition) is 7. The number of carbonyl (C=O) groups is 2. The molecular weight excluding hydrogens is 354 g/mol. The van der Waals surface area contributed by atoms with Gasteiger partial charge in [-0.15, -0.1) is 5.10 Å². The molecule has 1 saturated heterocycles. The zero-order chi connectivity index (χ0) is 18.5. The largest absolute Gasteiger partial charge is 0.496 e. The molecule has 0 bridgehead atoms. The first-order valence-electron chi connectivity index (χ1n) is 7.58. The van der Waals surface area contributed by atoms with E-state index in [1.165, 1.54) is 7.11 Å². The SMILES string of the molecule is COC(=O)/C=C1/S/C(=N\N=Cc2c(OC)ccc3ccccc23)NC1=O. The van der Waals surface area contributed by atoms with Crippen LogP contribution in [0.15, 0.2) is 57.6 Å². The van der Waals surface area contributed by atoms with Gasteiger partial charge in [-0.2, -0.15) is 5.10 Å². The average Bonchev–Trinajstić information content (AvgIpc) is 3.00. The molecule has 0 aromatic heterocycles. The predicted molar refractivity (Wildman–Crippen MR) is 101 cm³/mol. The third kappa shape index (κ3) is 3.75. The van der Waals surface area contributed by atoms with E-state index in [1.807, 2.05) is 36.4 Å². The minimum absolute atomic E-state index is 0.202. The van der Waals surface area contributed by atoms with Crippen molar-refractivity contribution in [3.05, 3.63) is 52.9 Å². The molecule has 0 unspecified atom stereocenters. The Balaban J connectivity index is 1.86. The van der Waals surface area contributed by atoms with Gasteiger partial charge in [0.15, 0.2) is 5.17 Å². The van der Waals surface area contributed by atoms with Gasteiger partial charge in [-0.1, -0.05) is 30.3 Å². The van der Waals surface area contributed by atoms with Gasteiger partial charge < -0.3 is 9.47 Å². The Kier molecular flexibility index (Phi) is 5.33. The first-order chi connectivity index (χ1) is 12.6. The summed E-state index contributed by atoms with van der Waals surface area (Å²) in [5, 5.41) is 12.9. The van der Waals surface area contributed by atoms with E-state index in [0.717, 1.165) is 34.2 Å². The van der Waals surface area contributed by atoms with Crippen molar-refractivity contribution in [2.24, 2.45) is 10.2 Å². The van der Waals surface area contributed by atoms with Crippen molar-refractivity contribution in [3.63, 3.8) is 0 Å². The molecule has 1 heterocycles. The Bertz CT molecular complexity index is 966. The number of nitrogens with zero attached hydrogens (tertiary/aromatic N) is 2. The molecule has 1 aliphatic heterocycles. The van der Waals surface area contributed by atoms with Gasteiger partial charge in [0, 0.05) is 11.6 Å². The van der Waals surface area contributed by atoms with Crippen LogP contribution in [-0.4, -0.2) is 37.5 Å². The molecule has 26 heavy (non-hydrogen) atoms. The lowest BCUT2D eigenvalue weighted by Crippen LogP contribution is -2.19. The second-order valence-electron chi connectivity index (χ2n) is 5.14. The fraction of sp³-hybridized carbons (Fsp3) is 0.111. The summed E-state index contributed by atoms with van der Waals surface area (Å²) in [6, 6.07) is 11.7. The Morgan fingerprint density at radius 3 is 2.77 bits per heavy atom. The zero-order valence-corrected chi connectivity index (χ0v) is 14.9. The number of amides is 1. The molecule has 1 N–H and O–H groups in total. The fourth-order valence-corrected chi connectivity index (χ4v) is 3.11. The van der Waals surface area contributed by atoms with Gasteiger partial charge in [0.1, 0.15) is 5.75 Å². The number of rotatable bonds is 4. The summed E-state index contributed by atoms with van der Waals surface area (Å²) in [6.07, 6.45) is 2.68. The molecule has 2 aromatic rings. The van der Waals surface area contributed by atoms with Crippen LogP contribution in [0.5, 0.6) is 5.75 Å². The van der Waals surface area contributed by atoms with Crippen LogP contribution in [0.25, 0.3) is 10.8 Å². The smallest absolute Gasteiger partial charge is 0.331 e. The van der Waals surface area contributed by atoms with Crippen LogP contribution < -0.4 is 10.1 Å². The molecule has 7 nitrogen and oxygen atoms in total. The standard InChI is InChI=1S/C18H15N3O4S/c1-24-14-8-7-11-5-3-4-6-12(11)13(14)10-19-21-18-20-17(23)15(26-18)9-16(22)25-2/h3-10H,1-2H3,(H,20,21,23)/b15-9+,19-10?. The number of methoxy groups -OCH3 is 2. The number of esters is 1. The van der Waals surface area contributed by atoms with Crippen molar-refractivity contribution in [1.82, 2.24) is 5.32 Å². The van der Waals surface area contributed by atoms with E-state index in [2.05, 4.69) is 20.3 Å². The molecule has 0 atom stereocenters. The molecule has 132 valence electrons. The maximum atomic E-state index is 11.8. The van der Waals surface area contributed by atoms with E-state index in [4.69, 9.17) is 4.74 Å². The average molecular weight is 369 g/mol. The lowest BCUT2D eigenvalue weighted by atomic mass is 10.0. The van der Waals surface area contributed by atoms with Crippen molar-refractivity contribution >= 4 is 45.8 Å². The molecule has 0 saturated carbocycles. The van der Waals surface area contributed by atoms with Crippen molar-refractivity contribution in [3.8, 4) is 5.75 Å². The Hall–Kier alpha value is -3.13. The predicted octanol–water partition coefficient (Wildman–Crippen LogP) is 2.46. The van der Waals surface area contributed by atoms with Gasteiger partial charge in [0.05, 0.1) is 25.3 Å². The van der Waals surface area contributed by atoms with Gasteiger partial charge >= 0.3 is 5.97 Å². The molecule has 3 rings (SSSR count). The molecule has 8 heteroatoms. The van der Waals surface area contributed by atoms with Gasteiger partial charge in [-0.25, -0.2) is 4.79 Å². The number of nitrogens with one attached hydrogen (secondary N) is 1. The highest BCUT2D eigenvalue weighted by Crippen LogP contribution is 2.27. The Morgan fingerprint density at radius 2 is 2.00 bits per heavy atom. The molecule has 1 aliphatic rings. The highest BCUT2D eigenvalue weighted by Gasteiger charge is 2.25. The maximum absolute atomic E-state index is 11.8. The van der Waals surface area contributed by atoms with Crippen molar-refractivity contribution in [2.45, 2.75) is 0 Å². The van der Waals surface area contributed by atoms with Crippen LogP contribution in [0.2, 0.25) is 0 Å². The van der Waals surface area contributed by atoms with Gasteiger partial charge in [0.25, 0.3) is 5.91 Å². The van der Waals surface area contributed by atoms with Crippen molar-refractivity contribution < 1.29 is 19.1 Å².